The second-order valence-electron chi connectivity index (χ2n) is 5.23. The third-order valence-electron chi connectivity index (χ3n) is 2.99. The third kappa shape index (κ3) is 4.85. The van der Waals surface area contributed by atoms with Crippen molar-refractivity contribution >= 4 is 28.1 Å². The van der Waals surface area contributed by atoms with E-state index in [1.54, 1.807) is 14.2 Å². The molecule has 0 aliphatic heterocycles. The maximum absolute atomic E-state index is 11.8. The molecule has 0 aliphatic rings. The second-order valence-corrected chi connectivity index (χ2v) is 6.09. The number of methoxy groups -OCH3 is 2. The van der Waals surface area contributed by atoms with E-state index in [1.165, 1.54) is 11.3 Å². The van der Waals surface area contributed by atoms with Gasteiger partial charge in [0.15, 0.2) is 5.13 Å². The van der Waals surface area contributed by atoms with E-state index in [2.05, 4.69) is 15.6 Å². The summed E-state index contributed by atoms with van der Waals surface area (Å²) in [6, 6.07) is 5.62. The smallest absolute Gasteiger partial charge is 0.226 e. The molecule has 0 radical (unpaired) electrons. The van der Waals surface area contributed by atoms with E-state index in [9.17, 15) is 4.79 Å². The van der Waals surface area contributed by atoms with Crippen LogP contribution >= 0.6 is 11.3 Å². The van der Waals surface area contributed by atoms with E-state index in [0.29, 0.717) is 10.9 Å². The number of nitrogens with zero attached hydrogens (tertiary/aromatic N) is 1. The van der Waals surface area contributed by atoms with Gasteiger partial charge in [-0.05, 0) is 26.0 Å². The van der Waals surface area contributed by atoms with Crippen LogP contribution in [-0.2, 0) is 11.2 Å². The Bertz CT molecular complexity index is 670. The fourth-order valence-corrected chi connectivity index (χ4v) is 2.73. The number of ether oxygens (including phenoxy) is 2. The minimum absolute atomic E-state index is 0.0317. The average Bonchev–Trinajstić information content (AvgIpc) is 2.93. The van der Waals surface area contributed by atoms with Crippen LogP contribution in [0.1, 0.15) is 19.5 Å². The van der Waals surface area contributed by atoms with Crippen LogP contribution in [0.3, 0.4) is 0 Å². The van der Waals surface area contributed by atoms with Gasteiger partial charge in [-0.25, -0.2) is 4.98 Å². The molecule has 0 unspecified atom stereocenters. The number of hydrogen-bond donors (Lipinski definition) is 2. The maximum Gasteiger partial charge on any atom is 0.226 e. The molecule has 0 bridgehead atoms. The number of thiazole rings is 1. The molecule has 1 aromatic heterocycles. The van der Waals surface area contributed by atoms with Crippen molar-refractivity contribution in [1.29, 1.82) is 0 Å². The first-order chi connectivity index (χ1) is 11.0. The average molecular weight is 335 g/mol. The Morgan fingerprint density at radius 2 is 2.09 bits per heavy atom. The highest BCUT2D eigenvalue weighted by atomic mass is 32.1. The van der Waals surface area contributed by atoms with Crippen LogP contribution in [0, 0.1) is 0 Å². The predicted molar refractivity (Wildman–Crippen MR) is 91.9 cm³/mol. The normalized spacial score (nSPS) is 10.5. The molecule has 2 aromatic rings. The van der Waals surface area contributed by atoms with E-state index in [1.807, 2.05) is 37.4 Å². The molecule has 6 nitrogen and oxygen atoms in total. The van der Waals surface area contributed by atoms with Crippen LogP contribution in [0.4, 0.5) is 10.8 Å². The minimum Gasteiger partial charge on any atom is -0.497 e. The monoisotopic (exact) mass is 335 g/mol. The zero-order valence-electron chi connectivity index (χ0n) is 13.7. The van der Waals surface area contributed by atoms with Crippen molar-refractivity contribution in [3.8, 4) is 11.5 Å². The Labute approximate surface area is 139 Å². The lowest BCUT2D eigenvalue weighted by Gasteiger charge is -2.10. The molecule has 0 aliphatic carbocycles. The second kappa shape index (κ2) is 7.82. The van der Waals surface area contributed by atoms with Gasteiger partial charge in [-0.3, -0.25) is 4.79 Å². The zero-order chi connectivity index (χ0) is 16.8. The molecule has 2 N–H and O–H groups in total. The van der Waals surface area contributed by atoms with E-state index >= 15 is 0 Å². The van der Waals surface area contributed by atoms with Crippen LogP contribution in [0.2, 0.25) is 0 Å². The Morgan fingerprint density at radius 1 is 1.30 bits per heavy atom. The molecule has 1 amide bonds. The molecule has 0 spiro atoms. The SMILES string of the molecule is COc1ccc(OC)c(Nc2nc(CC(=O)NC(C)C)cs2)c1. The molecule has 2 rings (SSSR count). The van der Waals surface area contributed by atoms with Crippen LogP contribution in [0.15, 0.2) is 23.6 Å². The number of aromatic nitrogens is 1. The van der Waals surface area contributed by atoms with Crippen LogP contribution in [0.5, 0.6) is 11.5 Å². The molecule has 124 valence electrons. The number of rotatable bonds is 7. The summed E-state index contributed by atoms with van der Waals surface area (Å²) in [5, 5.41) is 8.62. The Morgan fingerprint density at radius 3 is 2.74 bits per heavy atom. The van der Waals surface area contributed by atoms with Crippen LogP contribution in [-0.4, -0.2) is 31.2 Å². The first-order valence-corrected chi connectivity index (χ1v) is 8.12. The Hall–Kier alpha value is -2.28. The number of amides is 1. The van der Waals surface area contributed by atoms with Gasteiger partial charge < -0.3 is 20.1 Å². The first kappa shape index (κ1) is 17.1. The number of nitrogens with one attached hydrogen (secondary N) is 2. The standard InChI is InChI=1S/C16H21N3O3S/c1-10(2)17-15(20)7-11-9-23-16(18-11)19-13-8-12(21-3)5-6-14(13)22-4/h5-6,8-10H,7H2,1-4H3,(H,17,20)(H,18,19). The van der Waals surface area contributed by atoms with Crippen LogP contribution < -0.4 is 20.1 Å². The van der Waals surface area contributed by atoms with Gasteiger partial charge in [0.1, 0.15) is 11.5 Å². The summed E-state index contributed by atoms with van der Waals surface area (Å²) in [4.78, 5) is 16.2. The van der Waals surface area contributed by atoms with Crippen molar-refractivity contribution in [1.82, 2.24) is 10.3 Å². The van der Waals surface area contributed by atoms with Crippen LogP contribution in [0.25, 0.3) is 0 Å². The molecule has 1 aromatic carbocycles. The number of carbonyl (C=O) groups excluding carboxylic acids is 1. The number of carbonyl (C=O) groups is 1. The summed E-state index contributed by atoms with van der Waals surface area (Å²) in [7, 11) is 3.22. The lowest BCUT2D eigenvalue weighted by atomic mass is 10.2. The molecule has 0 saturated heterocycles. The fourth-order valence-electron chi connectivity index (χ4n) is 2.01. The Balaban J connectivity index is 2.08. The summed E-state index contributed by atoms with van der Waals surface area (Å²) >= 11 is 1.44. The molecule has 23 heavy (non-hydrogen) atoms. The van der Waals surface area contributed by atoms with Gasteiger partial charge >= 0.3 is 0 Å². The number of benzene rings is 1. The quantitative estimate of drug-likeness (QED) is 0.814. The topological polar surface area (TPSA) is 72.5 Å². The highest BCUT2D eigenvalue weighted by molar-refractivity contribution is 7.13. The highest BCUT2D eigenvalue weighted by Gasteiger charge is 2.11. The summed E-state index contributed by atoms with van der Waals surface area (Å²) < 4.78 is 10.5. The van der Waals surface area contributed by atoms with Crippen molar-refractivity contribution in [2.24, 2.45) is 0 Å². The van der Waals surface area contributed by atoms with Crippen molar-refractivity contribution < 1.29 is 14.3 Å². The lowest BCUT2D eigenvalue weighted by molar-refractivity contribution is -0.120. The van der Waals surface area contributed by atoms with E-state index < -0.39 is 0 Å². The van der Waals surface area contributed by atoms with Gasteiger partial charge in [0.2, 0.25) is 5.91 Å². The minimum atomic E-state index is -0.0317. The van der Waals surface area contributed by atoms with Gasteiger partial charge in [0.05, 0.1) is 32.0 Å². The summed E-state index contributed by atoms with van der Waals surface area (Å²) in [5.74, 6) is 1.39. The Kier molecular flexibility index (Phi) is 5.81. The van der Waals surface area contributed by atoms with E-state index in [0.717, 1.165) is 17.1 Å². The zero-order valence-corrected chi connectivity index (χ0v) is 14.5. The molecule has 0 atom stereocenters. The molecule has 1 heterocycles. The number of anilines is 2. The lowest BCUT2D eigenvalue weighted by Crippen LogP contribution is -2.31. The van der Waals surface area contributed by atoms with E-state index in [4.69, 9.17) is 9.47 Å². The third-order valence-corrected chi connectivity index (χ3v) is 3.80. The maximum atomic E-state index is 11.8. The van der Waals surface area contributed by atoms with Crippen molar-refractivity contribution in [3.63, 3.8) is 0 Å². The highest BCUT2D eigenvalue weighted by Crippen LogP contribution is 2.32. The van der Waals surface area contributed by atoms with Gasteiger partial charge in [0, 0.05) is 17.5 Å². The van der Waals surface area contributed by atoms with E-state index in [-0.39, 0.29) is 18.4 Å². The van der Waals surface area contributed by atoms with Crippen molar-refractivity contribution in [3.05, 3.63) is 29.3 Å². The summed E-state index contributed by atoms with van der Waals surface area (Å²) in [5.41, 5.74) is 1.50. The molecular weight excluding hydrogens is 314 g/mol. The van der Waals surface area contributed by atoms with Gasteiger partial charge in [-0.2, -0.15) is 0 Å². The van der Waals surface area contributed by atoms with Crippen molar-refractivity contribution in [2.75, 3.05) is 19.5 Å². The summed E-state index contributed by atoms with van der Waals surface area (Å²) in [6.07, 6.45) is 0.269. The van der Waals surface area contributed by atoms with Gasteiger partial charge in [0.25, 0.3) is 0 Å². The first-order valence-electron chi connectivity index (χ1n) is 7.24. The van der Waals surface area contributed by atoms with Gasteiger partial charge in [-0.15, -0.1) is 11.3 Å². The fraction of sp³-hybridized carbons (Fsp3) is 0.375. The molecular formula is C16H21N3O3S. The predicted octanol–water partition coefficient (Wildman–Crippen LogP) is 2.97. The molecule has 7 heteroatoms. The van der Waals surface area contributed by atoms with Crippen molar-refractivity contribution in [2.45, 2.75) is 26.3 Å². The molecule has 0 fully saturated rings. The number of hydrogen-bond acceptors (Lipinski definition) is 6. The largest absolute Gasteiger partial charge is 0.497 e. The van der Waals surface area contributed by atoms with Gasteiger partial charge in [-0.1, -0.05) is 0 Å². The molecule has 0 saturated carbocycles. The summed E-state index contributed by atoms with van der Waals surface area (Å²) in [6.45, 7) is 3.86.